The lowest BCUT2D eigenvalue weighted by molar-refractivity contribution is -0.122. The Balaban J connectivity index is 1.99. The van der Waals surface area contributed by atoms with E-state index in [1.54, 1.807) is 6.08 Å². The average Bonchev–Trinajstić information content (AvgIpc) is 3.00. The molecule has 128 valence electrons. The van der Waals surface area contributed by atoms with Crippen molar-refractivity contribution in [2.24, 2.45) is 0 Å². The topological polar surface area (TPSA) is 67.2 Å². The van der Waals surface area contributed by atoms with Crippen LogP contribution in [-0.4, -0.2) is 32.9 Å². The van der Waals surface area contributed by atoms with Gasteiger partial charge in [0.15, 0.2) is 0 Å². The number of rotatable bonds is 4. The summed E-state index contributed by atoms with van der Waals surface area (Å²) in [5.41, 5.74) is 4.18. The molecule has 1 N–H and O–H groups in total. The average molecular weight is 336 g/mol. The Bertz CT molecular complexity index is 891. The first-order valence-corrected chi connectivity index (χ1v) is 7.99. The Hall–Kier alpha value is -3.15. The molecule has 0 atom stereocenters. The van der Waals surface area contributed by atoms with Gasteiger partial charge in [0.1, 0.15) is 11.5 Å². The summed E-state index contributed by atoms with van der Waals surface area (Å²) in [6, 6.07) is 5.51. The molecular formula is C19H20N4O2. The molecule has 0 bridgehead atoms. The van der Waals surface area contributed by atoms with Gasteiger partial charge in [-0.3, -0.25) is 9.69 Å². The van der Waals surface area contributed by atoms with Gasteiger partial charge in [0.25, 0.3) is 5.91 Å². The van der Waals surface area contributed by atoms with Crippen LogP contribution in [-0.2, 0) is 4.79 Å². The van der Waals surface area contributed by atoms with Gasteiger partial charge in [-0.1, -0.05) is 12.1 Å². The van der Waals surface area contributed by atoms with E-state index in [0.717, 1.165) is 33.2 Å². The Morgan fingerprint density at radius 1 is 1.24 bits per heavy atom. The van der Waals surface area contributed by atoms with Gasteiger partial charge in [-0.2, -0.15) is 0 Å². The second kappa shape index (κ2) is 6.39. The molecule has 1 aliphatic heterocycles. The van der Waals surface area contributed by atoms with Crippen molar-refractivity contribution in [3.8, 4) is 5.82 Å². The molecule has 1 aliphatic rings. The maximum absolute atomic E-state index is 12.3. The zero-order valence-corrected chi connectivity index (χ0v) is 14.5. The highest BCUT2D eigenvalue weighted by Crippen LogP contribution is 2.23. The molecule has 0 spiro atoms. The third-order valence-corrected chi connectivity index (χ3v) is 4.17. The molecule has 0 aromatic carbocycles. The lowest BCUT2D eigenvalue weighted by Gasteiger charge is -2.08. The summed E-state index contributed by atoms with van der Waals surface area (Å²) in [4.78, 5) is 29.8. The van der Waals surface area contributed by atoms with Gasteiger partial charge < -0.3 is 9.88 Å². The van der Waals surface area contributed by atoms with E-state index in [2.05, 4.69) is 16.9 Å². The van der Waals surface area contributed by atoms with Crippen molar-refractivity contribution in [2.75, 3.05) is 6.54 Å². The number of nitrogens with one attached hydrogen (secondary N) is 1. The van der Waals surface area contributed by atoms with Crippen LogP contribution in [0.15, 0.2) is 42.7 Å². The Labute approximate surface area is 146 Å². The molecule has 1 saturated heterocycles. The number of nitrogens with zero attached hydrogens (tertiary/aromatic N) is 3. The van der Waals surface area contributed by atoms with Gasteiger partial charge >= 0.3 is 6.03 Å². The van der Waals surface area contributed by atoms with Crippen LogP contribution < -0.4 is 5.32 Å². The summed E-state index contributed by atoms with van der Waals surface area (Å²) in [6.45, 7) is 9.69. The number of hydrogen-bond acceptors (Lipinski definition) is 3. The van der Waals surface area contributed by atoms with E-state index in [9.17, 15) is 9.59 Å². The highest BCUT2D eigenvalue weighted by Gasteiger charge is 2.32. The van der Waals surface area contributed by atoms with Crippen LogP contribution in [0.2, 0.25) is 0 Å². The standard InChI is InChI=1S/C19H20N4O2/c1-5-8-22-18(24)16(21-19(22)25)10-15-9-13(3)23(14(15)4)17-7-6-12(2)11-20-17/h5-7,9-11H,1,8H2,2-4H3,(H,21,25)/b16-10+. The predicted molar refractivity (Wildman–Crippen MR) is 96.2 cm³/mol. The number of pyridine rings is 1. The van der Waals surface area contributed by atoms with E-state index in [1.807, 2.05) is 49.7 Å². The minimum atomic E-state index is -0.426. The second-order valence-electron chi connectivity index (χ2n) is 6.05. The molecule has 3 heterocycles. The smallest absolute Gasteiger partial charge is 0.303 e. The van der Waals surface area contributed by atoms with Crippen LogP contribution in [0.4, 0.5) is 4.79 Å². The summed E-state index contributed by atoms with van der Waals surface area (Å²) in [7, 11) is 0. The highest BCUT2D eigenvalue weighted by atomic mass is 16.2. The number of hydrogen-bond donors (Lipinski definition) is 1. The second-order valence-corrected chi connectivity index (χ2v) is 6.05. The quantitative estimate of drug-likeness (QED) is 0.530. The van der Waals surface area contributed by atoms with Gasteiger partial charge in [0.2, 0.25) is 0 Å². The summed E-state index contributed by atoms with van der Waals surface area (Å²) in [5, 5.41) is 2.62. The fourth-order valence-corrected chi connectivity index (χ4v) is 2.90. The zero-order chi connectivity index (χ0) is 18.1. The molecule has 6 heteroatoms. The fourth-order valence-electron chi connectivity index (χ4n) is 2.90. The van der Waals surface area contributed by atoms with Crippen LogP contribution in [0.3, 0.4) is 0 Å². The Morgan fingerprint density at radius 2 is 2.00 bits per heavy atom. The molecule has 1 fully saturated rings. The first-order chi connectivity index (χ1) is 11.9. The SMILES string of the molecule is C=CCN1C(=O)N/C(=C/c2cc(C)n(-c3ccc(C)cn3)c2C)C1=O. The largest absolute Gasteiger partial charge is 0.329 e. The monoisotopic (exact) mass is 336 g/mol. The van der Waals surface area contributed by atoms with Crippen molar-refractivity contribution in [1.82, 2.24) is 19.8 Å². The van der Waals surface area contributed by atoms with Crippen LogP contribution in [0.5, 0.6) is 0 Å². The minimum Gasteiger partial charge on any atom is -0.303 e. The van der Waals surface area contributed by atoms with E-state index in [4.69, 9.17) is 0 Å². The molecule has 3 rings (SSSR count). The Kier molecular flexibility index (Phi) is 4.27. The maximum Gasteiger partial charge on any atom is 0.329 e. The summed E-state index contributed by atoms with van der Waals surface area (Å²) < 4.78 is 2.02. The van der Waals surface area contributed by atoms with Crippen LogP contribution >= 0.6 is 0 Å². The summed E-state index contributed by atoms with van der Waals surface area (Å²) in [5.74, 6) is 0.475. The molecule has 2 aromatic heterocycles. The number of aryl methyl sites for hydroxylation is 2. The molecule has 3 amide bonds. The number of carbonyl (C=O) groups is 2. The molecule has 0 aliphatic carbocycles. The molecule has 25 heavy (non-hydrogen) atoms. The van der Waals surface area contributed by atoms with Gasteiger partial charge in [-0.05, 0) is 50.1 Å². The van der Waals surface area contributed by atoms with Crippen molar-refractivity contribution in [3.63, 3.8) is 0 Å². The first kappa shape index (κ1) is 16.7. The number of imide groups is 1. The van der Waals surface area contributed by atoms with Gasteiger partial charge in [-0.15, -0.1) is 6.58 Å². The predicted octanol–water partition coefficient (Wildman–Crippen LogP) is 2.88. The lowest BCUT2D eigenvalue weighted by Crippen LogP contribution is -2.30. The number of aromatic nitrogens is 2. The van der Waals surface area contributed by atoms with Crippen molar-refractivity contribution in [2.45, 2.75) is 20.8 Å². The highest BCUT2D eigenvalue weighted by molar-refractivity contribution is 6.14. The lowest BCUT2D eigenvalue weighted by atomic mass is 10.2. The normalized spacial score (nSPS) is 15.8. The molecule has 6 nitrogen and oxygen atoms in total. The van der Waals surface area contributed by atoms with Gasteiger partial charge in [0, 0.05) is 24.1 Å². The summed E-state index contributed by atoms with van der Waals surface area (Å²) >= 11 is 0. The number of amides is 3. The Morgan fingerprint density at radius 3 is 2.64 bits per heavy atom. The third kappa shape index (κ3) is 2.98. The zero-order valence-electron chi connectivity index (χ0n) is 14.5. The molecule has 0 radical (unpaired) electrons. The minimum absolute atomic E-state index is 0.189. The van der Waals surface area contributed by atoms with Gasteiger partial charge in [0.05, 0.1) is 0 Å². The first-order valence-electron chi connectivity index (χ1n) is 7.99. The molecule has 0 unspecified atom stereocenters. The summed E-state index contributed by atoms with van der Waals surface area (Å²) in [6.07, 6.45) is 5.05. The van der Waals surface area contributed by atoms with Crippen molar-refractivity contribution >= 4 is 18.0 Å². The van der Waals surface area contributed by atoms with Gasteiger partial charge in [-0.25, -0.2) is 9.78 Å². The van der Waals surface area contributed by atoms with Crippen molar-refractivity contribution in [1.29, 1.82) is 0 Å². The van der Waals surface area contributed by atoms with Crippen molar-refractivity contribution < 1.29 is 9.59 Å². The third-order valence-electron chi connectivity index (χ3n) is 4.17. The molecule has 0 saturated carbocycles. The molecule has 2 aromatic rings. The van der Waals surface area contributed by atoms with E-state index in [-0.39, 0.29) is 18.1 Å². The number of urea groups is 1. The van der Waals surface area contributed by atoms with Crippen LogP contribution in [0.1, 0.15) is 22.5 Å². The van der Waals surface area contributed by atoms with E-state index in [1.165, 1.54) is 6.08 Å². The molecular weight excluding hydrogens is 316 g/mol. The fraction of sp³-hybridized carbons (Fsp3) is 0.211. The van der Waals surface area contributed by atoms with E-state index < -0.39 is 6.03 Å². The van der Waals surface area contributed by atoms with Crippen LogP contribution in [0, 0.1) is 20.8 Å². The van der Waals surface area contributed by atoms with E-state index >= 15 is 0 Å². The maximum atomic E-state index is 12.3. The van der Waals surface area contributed by atoms with Crippen molar-refractivity contribution in [3.05, 3.63) is 65.3 Å². The number of carbonyl (C=O) groups excluding carboxylic acids is 2. The van der Waals surface area contributed by atoms with Crippen LogP contribution in [0.25, 0.3) is 11.9 Å². The van der Waals surface area contributed by atoms with E-state index in [0.29, 0.717) is 0 Å².